The van der Waals surface area contributed by atoms with E-state index in [1.807, 2.05) is 36.2 Å². The summed E-state index contributed by atoms with van der Waals surface area (Å²) >= 11 is 0. The highest BCUT2D eigenvalue weighted by Crippen LogP contribution is 2.27. The number of benzene rings is 2. The zero-order valence-corrected chi connectivity index (χ0v) is 16.6. The van der Waals surface area contributed by atoms with Gasteiger partial charge in [0, 0.05) is 26.6 Å². The molecule has 29 heavy (non-hydrogen) atoms. The summed E-state index contributed by atoms with van der Waals surface area (Å²) in [6, 6.07) is 14.3. The average Bonchev–Trinajstić information content (AvgIpc) is 3.48. The molecule has 1 fully saturated rings. The van der Waals surface area contributed by atoms with E-state index in [1.54, 1.807) is 0 Å². The minimum absolute atomic E-state index is 0.0475. The van der Waals surface area contributed by atoms with Gasteiger partial charge in [-0.2, -0.15) is 0 Å². The van der Waals surface area contributed by atoms with Crippen molar-refractivity contribution in [2.24, 2.45) is 7.05 Å². The zero-order chi connectivity index (χ0) is 19.8. The lowest BCUT2D eigenvalue weighted by molar-refractivity contribution is -0.142. The Kier molecular flexibility index (Phi) is 4.72. The predicted molar refractivity (Wildman–Crippen MR) is 110 cm³/mol. The number of imidazole rings is 1. The molecular formula is C23H25N3O3. The van der Waals surface area contributed by atoms with E-state index in [0.717, 1.165) is 54.0 Å². The third-order valence-corrected chi connectivity index (χ3v) is 5.86. The number of amides is 1. The second-order valence-corrected chi connectivity index (χ2v) is 7.81. The van der Waals surface area contributed by atoms with Crippen molar-refractivity contribution in [3.63, 3.8) is 0 Å². The number of para-hydroxylation sites is 2. The number of ether oxygens (including phenoxy) is 2. The molecule has 0 bridgehead atoms. The summed E-state index contributed by atoms with van der Waals surface area (Å²) in [6.07, 6.45) is 2.30. The molecule has 0 aliphatic carbocycles. The summed E-state index contributed by atoms with van der Waals surface area (Å²) in [5, 5.41) is 0. The minimum atomic E-state index is -0.345. The second-order valence-electron chi connectivity index (χ2n) is 7.81. The van der Waals surface area contributed by atoms with Gasteiger partial charge < -0.3 is 18.9 Å². The molecule has 6 heteroatoms. The fourth-order valence-corrected chi connectivity index (χ4v) is 4.25. The fraction of sp³-hybridized carbons (Fsp3) is 0.391. The van der Waals surface area contributed by atoms with Gasteiger partial charge in [-0.05, 0) is 42.2 Å². The number of nitrogens with zero attached hydrogens (tertiary/aromatic N) is 3. The maximum atomic E-state index is 13.3. The molecule has 2 aliphatic rings. The van der Waals surface area contributed by atoms with Crippen LogP contribution in [0.25, 0.3) is 11.0 Å². The monoisotopic (exact) mass is 391 g/mol. The van der Waals surface area contributed by atoms with Crippen LogP contribution in [0, 0.1) is 0 Å². The third kappa shape index (κ3) is 3.49. The van der Waals surface area contributed by atoms with Crippen LogP contribution in [0.2, 0.25) is 0 Å². The van der Waals surface area contributed by atoms with Crippen molar-refractivity contribution in [2.45, 2.75) is 38.5 Å². The molecule has 2 aliphatic heterocycles. The molecule has 0 N–H and O–H groups in total. The minimum Gasteiger partial charge on any atom is -0.493 e. The molecule has 6 nitrogen and oxygen atoms in total. The van der Waals surface area contributed by atoms with Crippen LogP contribution >= 0.6 is 0 Å². The van der Waals surface area contributed by atoms with E-state index in [-0.39, 0.29) is 12.0 Å². The highest BCUT2D eigenvalue weighted by molar-refractivity contribution is 5.81. The number of rotatable bonds is 5. The molecule has 1 amide bonds. The average molecular weight is 391 g/mol. The third-order valence-electron chi connectivity index (χ3n) is 5.86. The topological polar surface area (TPSA) is 56.6 Å². The summed E-state index contributed by atoms with van der Waals surface area (Å²) < 4.78 is 13.4. The normalized spacial score (nSPS) is 18.0. The van der Waals surface area contributed by atoms with E-state index in [1.165, 1.54) is 5.56 Å². The molecule has 1 atom stereocenters. The van der Waals surface area contributed by atoms with Crippen LogP contribution in [0.1, 0.15) is 29.8 Å². The van der Waals surface area contributed by atoms with Crippen LogP contribution in [-0.4, -0.2) is 39.7 Å². The quantitative estimate of drug-likeness (QED) is 0.670. The lowest BCUT2D eigenvalue weighted by Gasteiger charge is -2.25. The Morgan fingerprint density at radius 3 is 2.93 bits per heavy atom. The van der Waals surface area contributed by atoms with Gasteiger partial charge in [-0.25, -0.2) is 4.98 Å². The van der Waals surface area contributed by atoms with Crippen LogP contribution in [0.15, 0.2) is 42.5 Å². The van der Waals surface area contributed by atoms with Gasteiger partial charge in [-0.3, -0.25) is 4.79 Å². The molecule has 0 unspecified atom stereocenters. The maximum Gasteiger partial charge on any atom is 0.252 e. The largest absolute Gasteiger partial charge is 0.493 e. The van der Waals surface area contributed by atoms with Crippen molar-refractivity contribution >= 4 is 16.9 Å². The Balaban J connectivity index is 1.44. The molecule has 1 saturated heterocycles. The lowest BCUT2D eigenvalue weighted by Crippen LogP contribution is -2.38. The Hall–Kier alpha value is -2.86. The summed E-state index contributed by atoms with van der Waals surface area (Å²) in [5.41, 5.74) is 4.35. The van der Waals surface area contributed by atoms with Gasteiger partial charge >= 0.3 is 0 Å². The second kappa shape index (κ2) is 7.52. The Bertz CT molecular complexity index is 1050. The molecule has 2 aromatic carbocycles. The van der Waals surface area contributed by atoms with Gasteiger partial charge in [0.2, 0.25) is 0 Å². The van der Waals surface area contributed by atoms with Gasteiger partial charge in [0.1, 0.15) is 17.7 Å². The summed E-state index contributed by atoms with van der Waals surface area (Å²) in [5.74, 6) is 1.88. The van der Waals surface area contributed by atoms with E-state index in [0.29, 0.717) is 19.7 Å². The number of fused-ring (bicyclic) bond motifs is 2. The van der Waals surface area contributed by atoms with E-state index in [9.17, 15) is 4.79 Å². The Morgan fingerprint density at radius 1 is 1.21 bits per heavy atom. The van der Waals surface area contributed by atoms with Crippen LogP contribution in [0.4, 0.5) is 0 Å². The predicted octanol–water partition coefficient (Wildman–Crippen LogP) is 3.22. The van der Waals surface area contributed by atoms with Gasteiger partial charge in [-0.15, -0.1) is 0 Å². The number of hydrogen-bond acceptors (Lipinski definition) is 4. The molecule has 5 rings (SSSR count). The van der Waals surface area contributed by atoms with Gasteiger partial charge in [0.15, 0.2) is 0 Å². The van der Waals surface area contributed by atoms with Crippen molar-refractivity contribution in [1.29, 1.82) is 0 Å². The van der Waals surface area contributed by atoms with Crippen LogP contribution < -0.4 is 4.74 Å². The molecule has 0 saturated carbocycles. The zero-order valence-electron chi connectivity index (χ0n) is 16.6. The first kappa shape index (κ1) is 18.2. The first-order chi connectivity index (χ1) is 14.2. The Labute approximate surface area is 170 Å². The number of carbonyl (C=O) groups excluding carboxylic acids is 1. The molecule has 3 aromatic rings. The number of aromatic nitrogens is 2. The summed E-state index contributed by atoms with van der Waals surface area (Å²) in [6.45, 7) is 2.39. The number of aryl methyl sites for hydroxylation is 1. The standard InChI is InChI=1S/C23H25N3O3/c1-25-19-6-3-2-5-18(19)24-22(25)15-26(23(27)21-7-4-11-28-21)14-16-8-9-20-17(13-16)10-12-29-20/h2-3,5-6,8-9,13,21H,4,7,10-12,14-15H2,1H3/t21-/m1/s1. The van der Waals surface area contributed by atoms with Crippen LogP contribution in [0.5, 0.6) is 5.75 Å². The van der Waals surface area contributed by atoms with Crippen LogP contribution in [-0.2, 0) is 36.1 Å². The molecule has 150 valence electrons. The van der Waals surface area contributed by atoms with E-state index >= 15 is 0 Å². The fourth-order valence-electron chi connectivity index (χ4n) is 4.25. The van der Waals surface area contributed by atoms with Gasteiger partial charge in [-0.1, -0.05) is 24.3 Å². The van der Waals surface area contributed by atoms with Crippen molar-refractivity contribution < 1.29 is 14.3 Å². The lowest BCUT2D eigenvalue weighted by atomic mass is 10.1. The maximum absolute atomic E-state index is 13.3. The van der Waals surface area contributed by atoms with Crippen LogP contribution in [0.3, 0.4) is 0 Å². The van der Waals surface area contributed by atoms with Crippen molar-refractivity contribution in [3.8, 4) is 5.75 Å². The van der Waals surface area contributed by atoms with E-state index in [2.05, 4.69) is 22.8 Å². The van der Waals surface area contributed by atoms with Gasteiger partial charge in [0.25, 0.3) is 5.91 Å². The highest BCUT2D eigenvalue weighted by Gasteiger charge is 2.29. The molecule has 1 aromatic heterocycles. The first-order valence-electron chi connectivity index (χ1n) is 10.2. The molecular weight excluding hydrogens is 366 g/mol. The number of carbonyl (C=O) groups is 1. The van der Waals surface area contributed by atoms with Crippen molar-refractivity contribution in [3.05, 3.63) is 59.4 Å². The Morgan fingerprint density at radius 2 is 2.10 bits per heavy atom. The van der Waals surface area contributed by atoms with Gasteiger partial charge in [0.05, 0.1) is 24.2 Å². The van der Waals surface area contributed by atoms with Crippen molar-refractivity contribution in [2.75, 3.05) is 13.2 Å². The summed E-state index contributed by atoms with van der Waals surface area (Å²) in [7, 11) is 2.01. The number of hydrogen-bond donors (Lipinski definition) is 0. The SMILES string of the molecule is Cn1c(CN(Cc2ccc3c(c2)CCO3)C(=O)[C@H]2CCCO2)nc2ccccc21. The van der Waals surface area contributed by atoms with Crippen molar-refractivity contribution in [1.82, 2.24) is 14.5 Å². The van der Waals surface area contributed by atoms with E-state index in [4.69, 9.17) is 14.5 Å². The molecule has 3 heterocycles. The summed E-state index contributed by atoms with van der Waals surface area (Å²) in [4.78, 5) is 19.9. The van der Waals surface area contributed by atoms with E-state index < -0.39 is 0 Å². The smallest absolute Gasteiger partial charge is 0.252 e. The molecule has 0 radical (unpaired) electrons. The highest BCUT2D eigenvalue weighted by atomic mass is 16.5. The first-order valence-corrected chi connectivity index (χ1v) is 10.2. The molecule has 0 spiro atoms.